The molecule has 9 aromatic rings. The van der Waals surface area contributed by atoms with Gasteiger partial charge in [0.05, 0.1) is 22.4 Å². The van der Waals surface area contributed by atoms with Crippen LogP contribution in [0.3, 0.4) is 0 Å². The number of ether oxygens (including phenoxy) is 1. The third-order valence-electron chi connectivity index (χ3n) is 14.1. The second-order valence-corrected chi connectivity index (χ2v) is 18.8. The highest BCUT2D eigenvalue weighted by Crippen LogP contribution is 2.51. The largest absolute Gasteiger partial charge is 0.457 e. The molecule has 6 heteroatoms. The van der Waals surface area contributed by atoms with Crippen LogP contribution in [0.25, 0.3) is 49.9 Å². The number of rotatable bonds is 9. The molecule has 10 rings (SSSR count). The summed E-state index contributed by atoms with van der Waals surface area (Å²) >= 11 is 0. The predicted octanol–water partition coefficient (Wildman–Crippen LogP) is 16.8. The highest BCUT2D eigenvalue weighted by Gasteiger charge is 2.33. The lowest BCUT2D eigenvalue weighted by Gasteiger charge is -2.30. The maximum absolute atomic E-state index is 14.6. The van der Waals surface area contributed by atoms with Crippen molar-refractivity contribution in [3.05, 3.63) is 190 Å². The molecule has 7 aromatic carbocycles. The standard InChI is InChI=1S/C60H57FN4O/c1-35(2)52-30-44(43-16-15-17-46(61)27-43)31-53(36(3)4)60(52)64-34-63(55-20-13-14-21-56(55)64)47-28-45(59-41(9)39(7)38(6)40(8)42(59)10)29-49(32-47)66-48-22-23-51-50-18-11-12-19-54(50)65(57(51)33-48)58-26-37(5)24-25-62-58/h11-33,35-36H,34H2,1-10H3. The van der Waals surface area contributed by atoms with E-state index >= 15 is 0 Å². The van der Waals surface area contributed by atoms with Gasteiger partial charge in [-0.1, -0.05) is 70.2 Å². The van der Waals surface area contributed by atoms with Crippen LogP contribution >= 0.6 is 0 Å². The van der Waals surface area contributed by atoms with E-state index in [9.17, 15) is 4.39 Å². The van der Waals surface area contributed by atoms with E-state index in [1.165, 1.54) is 61.6 Å². The van der Waals surface area contributed by atoms with Crippen molar-refractivity contribution < 1.29 is 9.13 Å². The highest BCUT2D eigenvalue weighted by molar-refractivity contribution is 6.09. The number of hydrogen-bond acceptors (Lipinski definition) is 4. The van der Waals surface area contributed by atoms with Crippen molar-refractivity contribution in [1.82, 2.24) is 9.55 Å². The van der Waals surface area contributed by atoms with E-state index in [4.69, 9.17) is 9.72 Å². The van der Waals surface area contributed by atoms with Gasteiger partial charge in [0.25, 0.3) is 0 Å². The number of aromatic nitrogens is 2. The van der Waals surface area contributed by atoms with Crippen molar-refractivity contribution in [2.75, 3.05) is 16.5 Å². The fourth-order valence-corrected chi connectivity index (χ4v) is 10.2. The molecule has 1 aliphatic heterocycles. The molecule has 0 fully saturated rings. The first-order valence-corrected chi connectivity index (χ1v) is 23.2. The first kappa shape index (κ1) is 42.8. The third-order valence-corrected chi connectivity index (χ3v) is 14.1. The van der Waals surface area contributed by atoms with Crippen LogP contribution in [-0.2, 0) is 0 Å². The summed E-state index contributed by atoms with van der Waals surface area (Å²) in [6.07, 6.45) is 1.88. The van der Waals surface area contributed by atoms with E-state index in [0.717, 1.165) is 73.1 Å². The monoisotopic (exact) mass is 868 g/mol. The molecule has 0 N–H and O–H groups in total. The Hall–Kier alpha value is -7.18. The molecule has 0 amide bonds. The average molecular weight is 869 g/mol. The molecule has 1 aliphatic rings. The van der Waals surface area contributed by atoms with Gasteiger partial charge in [-0.15, -0.1) is 0 Å². The van der Waals surface area contributed by atoms with Crippen LogP contribution in [0.4, 0.5) is 27.1 Å². The minimum atomic E-state index is -0.229. The number of nitrogens with zero attached hydrogens (tertiary/aromatic N) is 4. The van der Waals surface area contributed by atoms with Crippen molar-refractivity contribution in [2.45, 2.75) is 81.1 Å². The van der Waals surface area contributed by atoms with Gasteiger partial charge in [-0.25, -0.2) is 9.37 Å². The Bertz CT molecular complexity index is 3320. The van der Waals surface area contributed by atoms with Crippen molar-refractivity contribution >= 4 is 44.6 Å². The number of pyridine rings is 1. The summed E-state index contributed by atoms with van der Waals surface area (Å²) in [4.78, 5) is 9.76. The van der Waals surface area contributed by atoms with Gasteiger partial charge in [0.15, 0.2) is 0 Å². The summed E-state index contributed by atoms with van der Waals surface area (Å²) in [5.74, 6) is 2.58. The summed E-state index contributed by atoms with van der Waals surface area (Å²) in [5.41, 5.74) is 21.1. The lowest BCUT2D eigenvalue weighted by molar-refractivity contribution is 0.483. The van der Waals surface area contributed by atoms with Crippen LogP contribution in [0.5, 0.6) is 11.5 Å². The molecule has 0 bridgehead atoms. The minimum Gasteiger partial charge on any atom is -0.457 e. The Morgan fingerprint density at radius 2 is 1.18 bits per heavy atom. The van der Waals surface area contributed by atoms with Gasteiger partial charge in [-0.3, -0.25) is 4.57 Å². The van der Waals surface area contributed by atoms with Gasteiger partial charge in [0, 0.05) is 40.5 Å². The molecule has 5 nitrogen and oxygen atoms in total. The van der Waals surface area contributed by atoms with E-state index in [2.05, 4.69) is 187 Å². The molecule has 66 heavy (non-hydrogen) atoms. The number of anilines is 4. The first-order valence-electron chi connectivity index (χ1n) is 23.2. The zero-order valence-corrected chi connectivity index (χ0v) is 39.7. The zero-order chi connectivity index (χ0) is 46.1. The lowest BCUT2D eigenvalue weighted by Crippen LogP contribution is -2.26. The molecule has 330 valence electrons. The Kier molecular flexibility index (Phi) is 10.8. The predicted molar refractivity (Wildman–Crippen MR) is 275 cm³/mol. The molecule has 0 atom stereocenters. The van der Waals surface area contributed by atoms with E-state index in [-0.39, 0.29) is 17.7 Å². The molecule has 3 heterocycles. The topological polar surface area (TPSA) is 33.5 Å². The number of para-hydroxylation sites is 3. The molecule has 2 aromatic heterocycles. The lowest BCUT2D eigenvalue weighted by atomic mass is 9.86. The Morgan fingerprint density at radius 1 is 0.530 bits per heavy atom. The second kappa shape index (κ2) is 16.7. The van der Waals surface area contributed by atoms with Crippen molar-refractivity contribution in [3.63, 3.8) is 0 Å². The van der Waals surface area contributed by atoms with E-state index < -0.39 is 0 Å². The molecule has 0 radical (unpaired) electrons. The highest BCUT2D eigenvalue weighted by atomic mass is 19.1. The van der Waals surface area contributed by atoms with E-state index in [0.29, 0.717) is 6.67 Å². The van der Waals surface area contributed by atoms with Crippen molar-refractivity contribution in [1.29, 1.82) is 0 Å². The Labute approximate surface area is 388 Å². The minimum absolute atomic E-state index is 0.215. The van der Waals surface area contributed by atoms with Gasteiger partial charge < -0.3 is 14.5 Å². The fraction of sp³-hybridized carbons (Fsp3) is 0.217. The normalized spacial score (nSPS) is 12.6. The van der Waals surface area contributed by atoms with Crippen LogP contribution in [0.2, 0.25) is 0 Å². The van der Waals surface area contributed by atoms with E-state index in [1.54, 1.807) is 12.1 Å². The maximum atomic E-state index is 14.6. The summed E-state index contributed by atoms with van der Waals surface area (Å²) in [6.45, 7) is 23.0. The van der Waals surface area contributed by atoms with Crippen LogP contribution < -0.4 is 14.5 Å². The molecule has 0 aliphatic carbocycles. The van der Waals surface area contributed by atoms with Crippen LogP contribution in [0, 0.1) is 47.4 Å². The van der Waals surface area contributed by atoms with Crippen LogP contribution in [-0.4, -0.2) is 16.2 Å². The summed E-state index contributed by atoms with van der Waals surface area (Å²) in [5, 5.41) is 2.32. The SMILES string of the molecule is Cc1ccnc(-n2c3ccccc3c3ccc(Oc4cc(-c5c(C)c(C)c(C)c(C)c5C)cc(N5CN(c6c(C(C)C)cc(-c7cccc(F)c7)cc6C(C)C)c6ccccc65)c4)cc32)c1. The maximum Gasteiger partial charge on any atom is 0.137 e. The molecule has 0 spiro atoms. The third kappa shape index (κ3) is 7.29. The van der Waals surface area contributed by atoms with Gasteiger partial charge in [-0.05, 0) is 199 Å². The zero-order valence-electron chi connectivity index (χ0n) is 39.7. The number of aryl methyl sites for hydroxylation is 1. The summed E-state index contributed by atoms with van der Waals surface area (Å²) in [6, 6.07) is 46.1. The van der Waals surface area contributed by atoms with Crippen molar-refractivity contribution in [2.24, 2.45) is 0 Å². The van der Waals surface area contributed by atoms with Crippen molar-refractivity contribution in [3.8, 4) is 39.6 Å². The Morgan fingerprint density at radius 3 is 1.86 bits per heavy atom. The Balaban J connectivity index is 1.14. The average Bonchev–Trinajstić information content (AvgIpc) is 3.86. The molecular formula is C60H57FN4O. The van der Waals surface area contributed by atoms with Crippen LogP contribution in [0.15, 0.2) is 140 Å². The molecular weight excluding hydrogens is 812 g/mol. The van der Waals surface area contributed by atoms with Gasteiger partial charge >= 0.3 is 0 Å². The van der Waals surface area contributed by atoms with Gasteiger partial charge in [0.1, 0.15) is 29.8 Å². The molecule has 0 saturated heterocycles. The summed E-state index contributed by atoms with van der Waals surface area (Å²) in [7, 11) is 0. The molecule has 0 saturated carbocycles. The van der Waals surface area contributed by atoms with Gasteiger partial charge in [-0.2, -0.15) is 0 Å². The second-order valence-electron chi connectivity index (χ2n) is 18.8. The van der Waals surface area contributed by atoms with Gasteiger partial charge in [0.2, 0.25) is 0 Å². The quantitative estimate of drug-likeness (QED) is 0.145. The number of hydrogen-bond donors (Lipinski definition) is 0. The number of benzene rings is 7. The number of halogens is 1. The smallest absolute Gasteiger partial charge is 0.137 e. The fourth-order valence-electron chi connectivity index (χ4n) is 10.2. The first-order chi connectivity index (χ1) is 31.8. The summed E-state index contributed by atoms with van der Waals surface area (Å²) < 4.78 is 24.0. The van der Waals surface area contributed by atoms with E-state index in [1.807, 2.05) is 18.3 Å². The molecule has 0 unspecified atom stereocenters. The number of fused-ring (bicyclic) bond motifs is 4. The van der Waals surface area contributed by atoms with Crippen LogP contribution in [0.1, 0.15) is 84.0 Å².